The third-order valence-corrected chi connectivity index (χ3v) is 3.98. The SMILES string of the molecule is CCC1CCCC(NCCN=[N+]=[N-])(C(N)=O)CC1. The van der Waals surface area contributed by atoms with Crippen molar-refractivity contribution in [2.24, 2.45) is 16.8 Å². The molecule has 1 saturated carbocycles. The fraction of sp³-hybridized carbons (Fsp3) is 0.917. The van der Waals surface area contributed by atoms with E-state index in [4.69, 9.17) is 11.3 Å². The topological polar surface area (TPSA) is 104 Å². The lowest BCUT2D eigenvalue weighted by Gasteiger charge is -2.30. The molecule has 0 aromatic carbocycles. The van der Waals surface area contributed by atoms with Crippen LogP contribution in [0.3, 0.4) is 0 Å². The third kappa shape index (κ3) is 3.89. The van der Waals surface area contributed by atoms with Crippen LogP contribution in [-0.2, 0) is 4.79 Å². The van der Waals surface area contributed by atoms with Crippen molar-refractivity contribution in [2.75, 3.05) is 13.1 Å². The lowest BCUT2D eigenvalue weighted by Crippen LogP contribution is -2.55. The second-order valence-electron chi connectivity index (χ2n) is 5.03. The van der Waals surface area contributed by atoms with E-state index >= 15 is 0 Å². The molecule has 0 aromatic rings. The molecule has 1 rings (SSSR count). The predicted molar refractivity (Wildman–Crippen MR) is 70.8 cm³/mol. The third-order valence-electron chi connectivity index (χ3n) is 3.98. The number of carbonyl (C=O) groups excluding carboxylic acids is 1. The molecule has 0 bridgehead atoms. The van der Waals surface area contributed by atoms with Crippen molar-refractivity contribution in [1.29, 1.82) is 0 Å². The maximum Gasteiger partial charge on any atom is 0.237 e. The monoisotopic (exact) mass is 253 g/mol. The fourth-order valence-electron chi connectivity index (χ4n) is 2.72. The molecular formula is C12H23N5O. The van der Waals surface area contributed by atoms with Crippen molar-refractivity contribution in [3.8, 4) is 0 Å². The molecule has 1 amide bonds. The van der Waals surface area contributed by atoms with E-state index in [9.17, 15) is 4.79 Å². The van der Waals surface area contributed by atoms with Gasteiger partial charge in [-0.3, -0.25) is 4.79 Å². The molecule has 2 unspecified atom stereocenters. The zero-order chi connectivity index (χ0) is 13.4. The molecule has 0 aliphatic heterocycles. The number of hydrogen-bond donors (Lipinski definition) is 2. The summed E-state index contributed by atoms with van der Waals surface area (Å²) in [4.78, 5) is 14.4. The molecule has 6 nitrogen and oxygen atoms in total. The average molecular weight is 253 g/mol. The van der Waals surface area contributed by atoms with E-state index in [2.05, 4.69) is 22.3 Å². The molecule has 18 heavy (non-hydrogen) atoms. The Hall–Kier alpha value is -1.26. The van der Waals surface area contributed by atoms with Crippen LogP contribution in [0.2, 0.25) is 0 Å². The van der Waals surface area contributed by atoms with Crippen LogP contribution in [0, 0.1) is 5.92 Å². The zero-order valence-corrected chi connectivity index (χ0v) is 11.1. The Bertz CT molecular complexity index is 326. The quantitative estimate of drug-likeness (QED) is 0.249. The highest BCUT2D eigenvalue weighted by molar-refractivity contribution is 5.84. The van der Waals surface area contributed by atoms with Crippen LogP contribution in [0.25, 0.3) is 10.4 Å². The van der Waals surface area contributed by atoms with Crippen molar-refractivity contribution in [3.05, 3.63) is 10.4 Å². The molecule has 1 aliphatic rings. The van der Waals surface area contributed by atoms with Crippen LogP contribution in [0.1, 0.15) is 45.4 Å². The van der Waals surface area contributed by atoms with Gasteiger partial charge in [-0.2, -0.15) is 0 Å². The number of hydrogen-bond acceptors (Lipinski definition) is 3. The van der Waals surface area contributed by atoms with Crippen molar-refractivity contribution in [1.82, 2.24) is 5.32 Å². The number of nitrogens with two attached hydrogens (primary N) is 1. The van der Waals surface area contributed by atoms with Crippen molar-refractivity contribution in [3.63, 3.8) is 0 Å². The van der Waals surface area contributed by atoms with Crippen LogP contribution < -0.4 is 11.1 Å². The van der Waals surface area contributed by atoms with E-state index in [1.165, 1.54) is 6.42 Å². The minimum Gasteiger partial charge on any atom is -0.368 e. The molecule has 0 saturated heterocycles. The highest BCUT2D eigenvalue weighted by Gasteiger charge is 2.37. The standard InChI is InChI=1S/C12H23N5O/c1-2-10-4-3-6-12(7-5-10,11(13)18)15-8-9-16-17-14/h10,15H,2-9H2,1H3,(H2,13,18). The van der Waals surface area contributed by atoms with Gasteiger partial charge in [-0.05, 0) is 30.7 Å². The number of amides is 1. The highest BCUT2D eigenvalue weighted by atomic mass is 16.1. The lowest BCUT2D eigenvalue weighted by atomic mass is 9.88. The first-order chi connectivity index (χ1) is 8.64. The molecule has 0 aromatic heterocycles. The molecular weight excluding hydrogens is 230 g/mol. The Balaban J connectivity index is 2.62. The van der Waals surface area contributed by atoms with Gasteiger partial charge in [0.1, 0.15) is 0 Å². The van der Waals surface area contributed by atoms with Gasteiger partial charge in [-0.15, -0.1) is 0 Å². The largest absolute Gasteiger partial charge is 0.368 e. The molecule has 0 radical (unpaired) electrons. The zero-order valence-electron chi connectivity index (χ0n) is 11.1. The van der Waals surface area contributed by atoms with Crippen molar-refractivity contribution in [2.45, 2.75) is 51.0 Å². The van der Waals surface area contributed by atoms with E-state index in [0.717, 1.165) is 32.1 Å². The van der Waals surface area contributed by atoms with Crippen LogP contribution in [0.5, 0.6) is 0 Å². The van der Waals surface area contributed by atoms with Crippen molar-refractivity contribution >= 4 is 5.91 Å². The van der Waals surface area contributed by atoms with E-state index in [1.807, 2.05) is 0 Å². The Morgan fingerprint density at radius 2 is 2.33 bits per heavy atom. The summed E-state index contributed by atoms with van der Waals surface area (Å²) >= 11 is 0. The summed E-state index contributed by atoms with van der Waals surface area (Å²) in [6.45, 7) is 3.05. The summed E-state index contributed by atoms with van der Waals surface area (Å²) in [7, 11) is 0. The number of nitrogens with one attached hydrogen (secondary N) is 1. The number of azide groups is 1. The molecule has 6 heteroatoms. The van der Waals surface area contributed by atoms with Gasteiger partial charge in [-0.25, -0.2) is 0 Å². The molecule has 0 heterocycles. The number of nitrogens with zero attached hydrogens (tertiary/aromatic N) is 3. The highest BCUT2D eigenvalue weighted by Crippen LogP contribution is 2.31. The molecule has 3 N–H and O–H groups in total. The Kier molecular flexibility index (Phi) is 5.95. The van der Waals surface area contributed by atoms with E-state index < -0.39 is 5.54 Å². The summed E-state index contributed by atoms with van der Waals surface area (Å²) in [5.41, 5.74) is 13.2. The first-order valence-electron chi connectivity index (χ1n) is 6.70. The van der Waals surface area contributed by atoms with Gasteiger partial charge in [0.2, 0.25) is 5.91 Å². The maximum atomic E-state index is 11.7. The number of carbonyl (C=O) groups is 1. The van der Waals surface area contributed by atoms with Gasteiger partial charge in [-0.1, -0.05) is 31.3 Å². The Morgan fingerprint density at radius 1 is 1.56 bits per heavy atom. The van der Waals surface area contributed by atoms with Crippen LogP contribution in [0.15, 0.2) is 5.11 Å². The van der Waals surface area contributed by atoms with Gasteiger partial charge < -0.3 is 11.1 Å². The number of rotatable bonds is 6. The van der Waals surface area contributed by atoms with Gasteiger partial charge >= 0.3 is 0 Å². The first-order valence-corrected chi connectivity index (χ1v) is 6.70. The smallest absolute Gasteiger partial charge is 0.237 e. The normalized spacial score (nSPS) is 28.2. The summed E-state index contributed by atoms with van der Waals surface area (Å²) in [6.07, 6.45) is 5.97. The lowest BCUT2D eigenvalue weighted by molar-refractivity contribution is -0.125. The van der Waals surface area contributed by atoms with E-state index in [1.54, 1.807) is 0 Å². The van der Waals surface area contributed by atoms with E-state index in [-0.39, 0.29) is 5.91 Å². The predicted octanol–water partition coefficient (Wildman–Crippen LogP) is 2.10. The summed E-state index contributed by atoms with van der Waals surface area (Å²) < 4.78 is 0. The molecule has 0 spiro atoms. The molecule has 2 atom stereocenters. The molecule has 1 fully saturated rings. The molecule has 102 valence electrons. The fourth-order valence-corrected chi connectivity index (χ4v) is 2.72. The van der Waals surface area contributed by atoms with Gasteiger partial charge in [0.15, 0.2) is 0 Å². The summed E-state index contributed by atoms with van der Waals surface area (Å²) in [6, 6.07) is 0. The summed E-state index contributed by atoms with van der Waals surface area (Å²) in [5, 5.41) is 6.68. The second-order valence-corrected chi connectivity index (χ2v) is 5.03. The minimum absolute atomic E-state index is 0.278. The van der Waals surface area contributed by atoms with Gasteiger partial charge in [0, 0.05) is 18.0 Å². The Morgan fingerprint density at radius 3 is 2.94 bits per heavy atom. The van der Waals surface area contributed by atoms with Gasteiger partial charge in [0.05, 0.1) is 5.54 Å². The van der Waals surface area contributed by atoms with Crippen LogP contribution in [0.4, 0.5) is 0 Å². The maximum absolute atomic E-state index is 11.7. The van der Waals surface area contributed by atoms with E-state index in [0.29, 0.717) is 19.0 Å². The second kappa shape index (κ2) is 7.24. The molecule has 1 aliphatic carbocycles. The summed E-state index contributed by atoms with van der Waals surface area (Å²) in [5.74, 6) is 0.422. The van der Waals surface area contributed by atoms with Gasteiger partial charge in [0.25, 0.3) is 0 Å². The average Bonchev–Trinajstić information content (AvgIpc) is 2.58. The number of primary amides is 1. The minimum atomic E-state index is -0.602. The first kappa shape index (κ1) is 14.8. The Labute approximate surface area is 108 Å². The van der Waals surface area contributed by atoms with Crippen LogP contribution in [-0.4, -0.2) is 24.5 Å². The van der Waals surface area contributed by atoms with Crippen molar-refractivity contribution < 1.29 is 4.79 Å². The van der Waals surface area contributed by atoms with Crippen LogP contribution >= 0.6 is 0 Å².